The fourth-order valence-corrected chi connectivity index (χ4v) is 2.96. The number of alkyl halides is 3. The fourth-order valence-electron chi connectivity index (χ4n) is 2.25. The second kappa shape index (κ2) is 9.96. The molecular formula is C18H21F3N4OS. The van der Waals surface area contributed by atoms with Gasteiger partial charge >= 0.3 is 6.18 Å². The molecule has 0 aliphatic carbocycles. The Morgan fingerprint density at radius 1 is 1.04 bits per heavy atom. The van der Waals surface area contributed by atoms with Gasteiger partial charge in [-0.2, -0.15) is 13.2 Å². The molecule has 0 spiro atoms. The van der Waals surface area contributed by atoms with Crippen LogP contribution in [0.25, 0.3) is 0 Å². The Balaban J connectivity index is 1.68. The second-order valence-electron chi connectivity index (χ2n) is 5.59. The third-order valence-electron chi connectivity index (χ3n) is 3.64. The molecule has 0 atom stereocenters. The summed E-state index contributed by atoms with van der Waals surface area (Å²) in [5.74, 6) is 0.196. The third-order valence-corrected chi connectivity index (χ3v) is 4.58. The summed E-state index contributed by atoms with van der Waals surface area (Å²) in [7, 11) is 1.65. The van der Waals surface area contributed by atoms with E-state index in [0.717, 1.165) is 37.2 Å². The molecule has 1 heterocycles. The topological polar surface area (TPSA) is 65.5 Å². The molecule has 0 saturated carbocycles. The summed E-state index contributed by atoms with van der Waals surface area (Å²) in [6, 6.07) is 8.19. The molecule has 9 heteroatoms. The molecule has 0 aliphatic heterocycles. The lowest BCUT2D eigenvalue weighted by Crippen LogP contribution is -2.42. The van der Waals surface area contributed by atoms with Gasteiger partial charge in [-0.1, -0.05) is 6.07 Å². The summed E-state index contributed by atoms with van der Waals surface area (Å²) in [5.41, 5.74) is -0.598. The average Bonchev–Trinajstić information content (AvgIpc) is 3.16. The van der Waals surface area contributed by atoms with Crippen molar-refractivity contribution in [3.63, 3.8) is 0 Å². The monoisotopic (exact) mass is 398 g/mol. The molecular weight excluding hydrogens is 377 g/mol. The molecule has 0 saturated heterocycles. The first-order valence-electron chi connectivity index (χ1n) is 8.32. The van der Waals surface area contributed by atoms with Crippen molar-refractivity contribution >= 4 is 23.2 Å². The van der Waals surface area contributed by atoms with E-state index in [9.17, 15) is 18.0 Å². The largest absolute Gasteiger partial charge is 0.416 e. The first kappa shape index (κ1) is 20.8. The molecule has 0 radical (unpaired) electrons. The summed E-state index contributed by atoms with van der Waals surface area (Å²) >= 11 is 1.70. The molecule has 27 heavy (non-hydrogen) atoms. The van der Waals surface area contributed by atoms with Crippen LogP contribution in [0.1, 0.15) is 20.8 Å². The van der Waals surface area contributed by atoms with Gasteiger partial charge in [-0.25, -0.2) is 0 Å². The summed E-state index contributed by atoms with van der Waals surface area (Å²) in [4.78, 5) is 17.3. The minimum Gasteiger partial charge on any atom is -0.356 e. The van der Waals surface area contributed by atoms with E-state index in [1.165, 1.54) is 4.88 Å². The van der Waals surface area contributed by atoms with Crippen molar-refractivity contribution in [1.29, 1.82) is 0 Å². The molecule has 146 valence electrons. The van der Waals surface area contributed by atoms with E-state index < -0.39 is 17.6 Å². The Morgan fingerprint density at radius 3 is 2.30 bits per heavy atom. The fraction of sp³-hybridized carbons (Fsp3) is 0.333. The van der Waals surface area contributed by atoms with Crippen LogP contribution in [0.2, 0.25) is 0 Å². The Bertz CT molecular complexity index is 743. The lowest BCUT2D eigenvalue weighted by atomic mass is 10.1. The van der Waals surface area contributed by atoms with E-state index in [1.54, 1.807) is 18.4 Å². The van der Waals surface area contributed by atoms with Crippen LogP contribution in [0, 0.1) is 0 Å². The number of nitrogens with zero attached hydrogens (tertiary/aromatic N) is 1. The third kappa shape index (κ3) is 6.93. The Kier molecular flexibility index (Phi) is 7.66. The predicted octanol–water partition coefficient (Wildman–Crippen LogP) is 2.90. The smallest absolute Gasteiger partial charge is 0.356 e. The summed E-state index contributed by atoms with van der Waals surface area (Å²) in [6.07, 6.45) is -3.52. The van der Waals surface area contributed by atoms with Crippen molar-refractivity contribution in [3.8, 4) is 0 Å². The summed E-state index contributed by atoms with van der Waals surface area (Å²) < 4.78 is 37.6. The Labute approximate surface area is 159 Å². The van der Waals surface area contributed by atoms with Crippen molar-refractivity contribution in [2.75, 3.05) is 26.7 Å². The van der Waals surface area contributed by atoms with E-state index in [0.29, 0.717) is 19.0 Å². The van der Waals surface area contributed by atoms with E-state index >= 15 is 0 Å². The molecule has 2 aromatic rings. The molecule has 1 aromatic heterocycles. The van der Waals surface area contributed by atoms with Gasteiger partial charge in [0.1, 0.15) is 0 Å². The van der Waals surface area contributed by atoms with Crippen LogP contribution < -0.4 is 16.0 Å². The molecule has 0 unspecified atom stereocenters. The van der Waals surface area contributed by atoms with Gasteiger partial charge in [0, 0.05) is 37.1 Å². The Morgan fingerprint density at radius 2 is 1.70 bits per heavy atom. The number of benzene rings is 1. The van der Waals surface area contributed by atoms with Crippen LogP contribution in [0.5, 0.6) is 0 Å². The number of aliphatic imine (C=N–C) groups is 1. The number of guanidine groups is 1. The van der Waals surface area contributed by atoms with Crippen LogP contribution in [-0.4, -0.2) is 38.5 Å². The molecule has 0 bridgehead atoms. The van der Waals surface area contributed by atoms with Crippen LogP contribution in [-0.2, 0) is 12.6 Å². The zero-order valence-electron chi connectivity index (χ0n) is 14.8. The van der Waals surface area contributed by atoms with E-state index in [-0.39, 0.29) is 5.56 Å². The maximum atomic E-state index is 12.5. The van der Waals surface area contributed by atoms with Crippen LogP contribution in [0.15, 0.2) is 46.8 Å². The quantitative estimate of drug-likeness (QED) is 0.382. The highest BCUT2D eigenvalue weighted by atomic mass is 32.1. The van der Waals surface area contributed by atoms with Crippen molar-refractivity contribution in [3.05, 3.63) is 57.8 Å². The van der Waals surface area contributed by atoms with Crippen molar-refractivity contribution in [2.45, 2.75) is 12.6 Å². The number of hydrogen-bond acceptors (Lipinski definition) is 3. The van der Waals surface area contributed by atoms with Crippen molar-refractivity contribution in [2.24, 2.45) is 4.99 Å². The minimum atomic E-state index is -4.41. The lowest BCUT2D eigenvalue weighted by Gasteiger charge is -2.12. The number of carbonyl (C=O) groups is 1. The number of hydrogen-bond donors (Lipinski definition) is 3. The molecule has 3 N–H and O–H groups in total. The predicted molar refractivity (Wildman–Crippen MR) is 101 cm³/mol. The highest BCUT2D eigenvalue weighted by Crippen LogP contribution is 2.29. The van der Waals surface area contributed by atoms with Crippen molar-refractivity contribution < 1.29 is 18.0 Å². The van der Waals surface area contributed by atoms with Gasteiger partial charge in [-0.15, -0.1) is 11.3 Å². The first-order valence-corrected chi connectivity index (χ1v) is 9.20. The van der Waals surface area contributed by atoms with Gasteiger partial charge in [0.15, 0.2) is 5.96 Å². The van der Waals surface area contributed by atoms with Gasteiger partial charge in [0.2, 0.25) is 0 Å². The number of rotatable bonds is 7. The average molecular weight is 398 g/mol. The van der Waals surface area contributed by atoms with Crippen LogP contribution in [0.4, 0.5) is 13.2 Å². The highest BCUT2D eigenvalue weighted by molar-refractivity contribution is 7.09. The summed E-state index contributed by atoms with van der Waals surface area (Å²) in [5, 5.41) is 10.9. The van der Waals surface area contributed by atoms with Gasteiger partial charge in [0.25, 0.3) is 5.91 Å². The molecule has 0 fully saturated rings. The molecule has 0 aliphatic rings. The zero-order chi connectivity index (χ0) is 19.7. The molecule has 5 nitrogen and oxygen atoms in total. The summed E-state index contributed by atoms with van der Waals surface area (Å²) in [6.45, 7) is 1.48. The number of nitrogens with one attached hydrogen (secondary N) is 3. The SMILES string of the molecule is CN=C(NCCNC(=O)c1ccc(C(F)(F)F)cc1)NCCc1cccs1. The van der Waals surface area contributed by atoms with Gasteiger partial charge < -0.3 is 16.0 Å². The van der Waals surface area contributed by atoms with Gasteiger partial charge in [0.05, 0.1) is 5.56 Å². The molecule has 2 rings (SSSR count). The van der Waals surface area contributed by atoms with E-state index in [4.69, 9.17) is 0 Å². The first-order chi connectivity index (χ1) is 12.9. The second-order valence-corrected chi connectivity index (χ2v) is 6.62. The zero-order valence-corrected chi connectivity index (χ0v) is 15.6. The normalized spacial score (nSPS) is 11.9. The van der Waals surface area contributed by atoms with Crippen LogP contribution >= 0.6 is 11.3 Å². The molecule has 1 aromatic carbocycles. The van der Waals surface area contributed by atoms with E-state index in [1.807, 2.05) is 11.4 Å². The highest BCUT2D eigenvalue weighted by Gasteiger charge is 2.30. The van der Waals surface area contributed by atoms with Gasteiger partial charge in [-0.3, -0.25) is 9.79 Å². The van der Waals surface area contributed by atoms with Crippen LogP contribution in [0.3, 0.4) is 0 Å². The number of thiophene rings is 1. The maximum Gasteiger partial charge on any atom is 0.416 e. The minimum absolute atomic E-state index is 0.182. The standard InChI is InChI=1S/C18H21F3N4OS/c1-22-17(24-9-8-15-3-2-12-27-15)25-11-10-23-16(26)13-4-6-14(7-5-13)18(19,20)21/h2-7,12H,8-11H2,1H3,(H,23,26)(H2,22,24,25). The molecule has 1 amide bonds. The number of amides is 1. The lowest BCUT2D eigenvalue weighted by molar-refractivity contribution is -0.137. The van der Waals surface area contributed by atoms with Gasteiger partial charge in [-0.05, 0) is 42.1 Å². The number of carbonyl (C=O) groups excluding carboxylic acids is 1. The Hall–Kier alpha value is -2.55. The van der Waals surface area contributed by atoms with E-state index in [2.05, 4.69) is 27.0 Å². The maximum absolute atomic E-state index is 12.5. The van der Waals surface area contributed by atoms with Crippen molar-refractivity contribution in [1.82, 2.24) is 16.0 Å². The number of halogens is 3.